The maximum atomic E-state index is 12.8. The third-order valence-corrected chi connectivity index (χ3v) is 5.34. The van der Waals surface area contributed by atoms with Crippen LogP contribution in [0.4, 0.5) is 11.4 Å². The van der Waals surface area contributed by atoms with Crippen LogP contribution in [-0.4, -0.2) is 20.9 Å². The Morgan fingerprint density at radius 2 is 1.62 bits per heavy atom. The number of nitrogens with one attached hydrogen (secondary N) is 1. The first kappa shape index (κ1) is 19.5. The molecule has 3 N–H and O–H groups in total. The summed E-state index contributed by atoms with van der Waals surface area (Å²) >= 11 is 0. The molecule has 0 atom stereocenters. The van der Waals surface area contributed by atoms with Crippen LogP contribution in [0.1, 0.15) is 16.1 Å². The first-order valence-corrected chi connectivity index (χ1v) is 10.3. The lowest BCUT2D eigenvalue weighted by Crippen LogP contribution is -2.13. The number of aromatic nitrogens is 3. The normalized spacial score (nSPS) is 10.9. The zero-order chi connectivity index (χ0) is 21.9. The van der Waals surface area contributed by atoms with Gasteiger partial charge in [-0.3, -0.25) is 4.79 Å². The molecule has 32 heavy (non-hydrogen) atoms. The van der Waals surface area contributed by atoms with Gasteiger partial charge in [-0.25, -0.2) is 4.68 Å². The summed E-state index contributed by atoms with van der Waals surface area (Å²) in [6.45, 7) is 0.525. The molecule has 0 saturated carbocycles. The van der Waals surface area contributed by atoms with Crippen LogP contribution in [-0.2, 0) is 6.54 Å². The van der Waals surface area contributed by atoms with Gasteiger partial charge in [-0.2, -0.15) is 0 Å². The van der Waals surface area contributed by atoms with Crippen molar-refractivity contribution in [1.29, 1.82) is 0 Å². The van der Waals surface area contributed by atoms with Crippen molar-refractivity contribution in [2.24, 2.45) is 0 Å². The highest BCUT2D eigenvalue weighted by molar-refractivity contribution is 6.04. The van der Waals surface area contributed by atoms with Gasteiger partial charge < -0.3 is 11.1 Å². The highest BCUT2D eigenvalue weighted by Gasteiger charge is 2.13. The Morgan fingerprint density at radius 1 is 0.844 bits per heavy atom. The number of fused-ring (bicyclic) bond motifs is 1. The van der Waals surface area contributed by atoms with E-state index in [1.807, 2.05) is 54.6 Å². The molecule has 0 radical (unpaired) electrons. The topological polar surface area (TPSA) is 85.8 Å². The number of nitrogens with two attached hydrogens (primary N) is 1. The van der Waals surface area contributed by atoms with Gasteiger partial charge in [0.1, 0.15) is 0 Å². The molecule has 1 amide bonds. The molecule has 6 nitrogen and oxygen atoms in total. The zero-order valence-corrected chi connectivity index (χ0v) is 17.3. The number of anilines is 2. The summed E-state index contributed by atoms with van der Waals surface area (Å²) < 4.78 is 1.66. The molecule has 5 rings (SSSR count). The lowest BCUT2D eigenvalue weighted by atomic mass is 10.0. The predicted octanol–water partition coefficient (Wildman–Crippen LogP) is 4.98. The average molecular weight is 419 g/mol. The molecule has 1 aromatic heterocycles. The maximum absolute atomic E-state index is 12.8. The summed E-state index contributed by atoms with van der Waals surface area (Å²) in [4.78, 5) is 12.8. The molecule has 0 bridgehead atoms. The van der Waals surface area contributed by atoms with E-state index in [1.54, 1.807) is 16.9 Å². The Hall–Kier alpha value is -4.45. The van der Waals surface area contributed by atoms with Crippen molar-refractivity contribution in [3.63, 3.8) is 0 Å². The number of carbonyl (C=O) groups excluding carboxylic acids is 1. The van der Waals surface area contributed by atoms with Gasteiger partial charge in [0.05, 0.1) is 24.1 Å². The number of nitrogen functional groups attached to an aromatic ring is 1. The van der Waals surface area contributed by atoms with Crippen molar-refractivity contribution in [3.8, 4) is 11.1 Å². The van der Waals surface area contributed by atoms with Crippen LogP contribution >= 0.6 is 0 Å². The van der Waals surface area contributed by atoms with E-state index in [-0.39, 0.29) is 11.6 Å². The Kier molecular flexibility index (Phi) is 5.09. The Labute approximate surface area is 185 Å². The minimum absolute atomic E-state index is 0.232. The molecule has 4 aromatic carbocycles. The van der Waals surface area contributed by atoms with E-state index in [2.05, 4.69) is 46.0 Å². The van der Waals surface area contributed by atoms with Crippen LogP contribution in [0.15, 0.2) is 97.2 Å². The van der Waals surface area contributed by atoms with Crippen molar-refractivity contribution in [3.05, 3.63) is 108 Å². The van der Waals surface area contributed by atoms with Crippen molar-refractivity contribution in [1.82, 2.24) is 15.0 Å². The average Bonchev–Trinajstić information content (AvgIpc) is 3.29. The van der Waals surface area contributed by atoms with Crippen LogP contribution in [0.25, 0.3) is 21.9 Å². The van der Waals surface area contributed by atoms with E-state index in [9.17, 15) is 4.79 Å². The summed E-state index contributed by atoms with van der Waals surface area (Å²) in [5.41, 5.74) is 10.4. The van der Waals surface area contributed by atoms with Gasteiger partial charge in [-0.15, -0.1) is 5.10 Å². The summed E-state index contributed by atoms with van der Waals surface area (Å²) in [5.74, 6) is -0.355. The van der Waals surface area contributed by atoms with E-state index in [1.165, 1.54) is 5.39 Å². The second kappa shape index (κ2) is 8.35. The van der Waals surface area contributed by atoms with Gasteiger partial charge in [0.2, 0.25) is 0 Å². The van der Waals surface area contributed by atoms with Crippen LogP contribution in [0.5, 0.6) is 0 Å². The number of rotatable bonds is 5. The highest BCUT2D eigenvalue weighted by Crippen LogP contribution is 2.27. The fourth-order valence-corrected chi connectivity index (χ4v) is 3.66. The number of hydrogen-bond donors (Lipinski definition) is 2. The number of hydrogen-bond acceptors (Lipinski definition) is 4. The van der Waals surface area contributed by atoms with Gasteiger partial charge in [0.15, 0.2) is 5.69 Å². The largest absolute Gasteiger partial charge is 0.397 e. The van der Waals surface area contributed by atoms with E-state index < -0.39 is 0 Å². The van der Waals surface area contributed by atoms with Crippen molar-refractivity contribution in [2.45, 2.75) is 6.54 Å². The smallest absolute Gasteiger partial charge is 0.277 e. The molecule has 0 unspecified atom stereocenters. The summed E-state index contributed by atoms with van der Waals surface area (Å²) in [6, 6.07) is 29.9. The molecule has 156 valence electrons. The molecule has 0 fully saturated rings. The summed E-state index contributed by atoms with van der Waals surface area (Å²) in [7, 11) is 0. The number of carbonyl (C=O) groups is 1. The van der Waals surface area contributed by atoms with Crippen LogP contribution in [0, 0.1) is 0 Å². The van der Waals surface area contributed by atoms with Gasteiger partial charge in [-0.05, 0) is 45.7 Å². The molecule has 0 aliphatic carbocycles. The van der Waals surface area contributed by atoms with E-state index in [4.69, 9.17) is 5.73 Å². The quantitative estimate of drug-likeness (QED) is 0.393. The molecule has 0 aliphatic rings. The van der Waals surface area contributed by atoms with Gasteiger partial charge >= 0.3 is 0 Å². The molecule has 5 aromatic rings. The summed E-state index contributed by atoms with van der Waals surface area (Å²) in [6.07, 6.45) is 1.64. The number of benzene rings is 4. The van der Waals surface area contributed by atoms with E-state index >= 15 is 0 Å². The van der Waals surface area contributed by atoms with Crippen LogP contribution in [0.2, 0.25) is 0 Å². The Bertz CT molecular complexity index is 1410. The first-order chi connectivity index (χ1) is 15.7. The second-order valence-corrected chi connectivity index (χ2v) is 7.61. The van der Waals surface area contributed by atoms with E-state index in [0.29, 0.717) is 17.9 Å². The lowest BCUT2D eigenvalue weighted by Gasteiger charge is -2.09. The van der Waals surface area contributed by atoms with Crippen LogP contribution < -0.4 is 11.1 Å². The number of amides is 1. The molecular formula is C26H21N5O. The fraction of sp³-hybridized carbons (Fsp3) is 0.0385. The third kappa shape index (κ3) is 4.06. The monoisotopic (exact) mass is 419 g/mol. The number of nitrogens with zero attached hydrogens (tertiary/aromatic N) is 3. The molecular weight excluding hydrogens is 398 g/mol. The fourth-order valence-electron chi connectivity index (χ4n) is 3.66. The van der Waals surface area contributed by atoms with Gasteiger partial charge in [0.25, 0.3) is 5.91 Å². The minimum atomic E-state index is -0.355. The Balaban J connectivity index is 1.32. The lowest BCUT2D eigenvalue weighted by molar-refractivity contribution is 0.102. The van der Waals surface area contributed by atoms with Crippen LogP contribution in [0.3, 0.4) is 0 Å². The molecule has 6 heteroatoms. The highest BCUT2D eigenvalue weighted by atomic mass is 16.2. The van der Waals surface area contributed by atoms with Crippen molar-refractivity contribution < 1.29 is 4.79 Å². The first-order valence-electron chi connectivity index (χ1n) is 10.3. The van der Waals surface area contributed by atoms with Gasteiger partial charge in [0, 0.05) is 0 Å². The molecule has 1 heterocycles. The SMILES string of the molecule is Nc1ccc(-c2ccccc2)cc1NC(=O)c1cn(Cc2ccc3ccccc3c2)nn1. The summed E-state index contributed by atoms with van der Waals surface area (Å²) in [5, 5.41) is 13.4. The van der Waals surface area contributed by atoms with E-state index in [0.717, 1.165) is 22.1 Å². The Morgan fingerprint density at radius 3 is 2.47 bits per heavy atom. The van der Waals surface area contributed by atoms with Crippen molar-refractivity contribution >= 4 is 28.1 Å². The second-order valence-electron chi connectivity index (χ2n) is 7.61. The molecule has 0 saturated heterocycles. The minimum Gasteiger partial charge on any atom is -0.397 e. The van der Waals surface area contributed by atoms with Gasteiger partial charge in [-0.1, -0.05) is 78.0 Å². The predicted molar refractivity (Wildman–Crippen MR) is 127 cm³/mol. The standard InChI is InChI=1S/C26H21N5O/c27-23-13-12-22(19-6-2-1-3-7-19)15-24(23)28-26(32)25-17-31(30-29-25)16-18-10-11-20-8-4-5-9-21(20)14-18/h1-15,17H,16,27H2,(H,28,32). The molecule has 0 spiro atoms. The van der Waals surface area contributed by atoms with Crippen molar-refractivity contribution in [2.75, 3.05) is 11.1 Å². The zero-order valence-electron chi connectivity index (χ0n) is 17.3. The maximum Gasteiger partial charge on any atom is 0.277 e. The molecule has 0 aliphatic heterocycles. The third-order valence-electron chi connectivity index (χ3n) is 5.34.